The molecule has 18 heavy (non-hydrogen) atoms. The number of carbonyl (C=O) groups excluding carboxylic acids is 1. The lowest BCUT2D eigenvalue weighted by Gasteiger charge is -2.35. The second kappa shape index (κ2) is 4.86. The topological polar surface area (TPSA) is 78.4 Å². The van der Waals surface area contributed by atoms with E-state index in [2.05, 4.69) is 10.6 Å². The van der Waals surface area contributed by atoms with Gasteiger partial charge in [-0.3, -0.25) is 4.79 Å². The fourth-order valence-corrected chi connectivity index (χ4v) is 2.47. The van der Waals surface area contributed by atoms with E-state index in [1.54, 1.807) is 31.2 Å². The number of carboxylic acid groups (broad SMARTS) is 1. The molecule has 1 heterocycles. The number of benzene rings is 1. The van der Waals surface area contributed by atoms with Gasteiger partial charge >= 0.3 is 12.0 Å². The molecule has 0 spiro atoms. The van der Waals surface area contributed by atoms with Crippen molar-refractivity contribution in [2.24, 2.45) is 5.92 Å². The highest BCUT2D eigenvalue weighted by Gasteiger charge is 2.40. The average molecular weight is 269 g/mol. The fourth-order valence-electron chi connectivity index (χ4n) is 2.21. The summed E-state index contributed by atoms with van der Waals surface area (Å²) in [7, 11) is 0. The molecule has 96 valence electrons. The Balaban J connectivity index is 2.41. The Labute approximate surface area is 109 Å². The number of carbonyl (C=O) groups is 2. The zero-order valence-electron chi connectivity index (χ0n) is 9.68. The molecule has 3 unspecified atom stereocenters. The van der Waals surface area contributed by atoms with E-state index in [-0.39, 0.29) is 6.03 Å². The molecular formula is C12H13ClN2O3. The lowest BCUT2D eigenvalue weighted by Crippen LogP contribution is -2.57. The lowest BCUT2D eigenvalue weighted by atomic mass is 9.86. The van der Waals surface area contributed by atoms with Crippen LogP contribution in [0.3, 0.4) is 0 Å². The van der Waals surface area contributed by atoms with Gasteiger partial charge in [-0.1, -0.05) is 29.8 Å². The molecule has 6 heteroatoms. The Kier molecular flexibility index (Phi) is 3.43. The van der Waals surface area contributed by atoms with Crippen LogP contribution in [0.5, 0.6) is 0 Å². The summed E-state index contributed by atoms with van der Waals surface area (Å²) >= 11 is 6.06. The molecule has 0 aliphatic carbocycles. The normalized spacial score (nSPS) is 27.2. The molecule has 0 radical (unpaired) electrons. The van der Waals surface area contributed by atoms with E-state index in [1.807, 2.05) is 0 Å². The number of nitrogens with one attached hydrogen (secondary N) is 2. The summed E-state index contributed by atoms with van der Waals surface area (Å²) in [5.74, 6) is -1.73. The first-order chi connectivity index (χ1) is 8.50. The van der Waals surface area contributed by atoms with Crippen LogP contribution in [0.25, 0.3) is 0 Å². The Morgan fingerprint density at radius 1 is 1.33 bits per heavy atom. The van der Waals surface area contributed by atoms with Crippen molar-refractivity contribution in [3.8, 4) is 0 Å². The first-order valence-electron chi connectivity index (χ1n) is 5.55. The minimum absolute atomic E-state index is 0.384. The molecule has 3 atom stereocenters. The highest BCUT2D eigenvalue weighted by atomic mass is 35.5. The van der Waals surface area contributed by atoms with E-state index in [1.165, 1.54) is 0 Å². The van der Waals surface area contributed by atoms with Gasteiger partial charge in [-0.05, 0) is 18.6 Å². The minimum Gasteiger partial charge on any atom is -0.481 e. The Bertz CT molecular complexity index is 492. The van der Waals surface area contributed by atoms with E-state index in [4.69, 9.17) is 11.6 Å². The number of amides is 2. The molecule has 1 aromatic rings. The molecule has 1 aliphatic rings. The molecule has 5 nitrogen and oxygen atoms in total. The first-order valence-corrected chi connectivity index (χ1v) is 5.92. The van der Waals surface area contributed by atoms with E-state index >= 15 is 0 Å². The molecule has 1 saturated heterocycles. The van der Waals surface area contributed by atoms with Crippen LogP contribution in [0.4, 0.5) is 4.79 Å². The predicted octanol–water partition coefficient (Wildman–Crippen LogP) is 1.78. The summed E-state index contributed by atoms with van der Waals surface area (Å²) in [6.07, 6.45) is 0. The average Bonchev–Trinajstić information content (AvgIpc) is 2.27. The van der Waals surface area contributed by atoms with Gasteiger partial charge in [0.05, 0.1) is 6.04 Å². The second-order valence-corrected chi connectivity index (χ2v) is 4.68. The van der Waals surface area contributed by atoms with E-state index in [0.29, 0.717) is 10.6 Å². The highest BCUT2D eigenvalue weighted by molar-refractivity contribution is 6.31. The van der Waals surface area contributed by atoms with E-state index in [0.717, 1.165) is 0 Å². The molecular weight excluding hydrogens is 256 g/mol. The SMILES string of the molecule is CC1NC(=O)NC(c2ccccc2Cl)C1C(=O)O. The predicted molar refractivity (Wildman–Crippen MR) is 66.4 cm³/mol. The second-order valence-electron chi connectivity index (χ2n) is 4.27. The van der Waals surface area contributed by atoms with Crippen molar-refractivity contribution in [1.82, 2.24) is 10.6 Å². The zero-order valence-corrected chi connectivity index (χ0v) is 10.4. The monoisotopic (exact) mass is 268 g/mol. The smallest absolute Gasteiger partial charge is 0.315 e. The molecule has 1 aromatic carbocycles. The van der Waals surface area contributed by atoms with Gasteiger partial charge in [-0.15, -0.1) is 0 Å². The van der Waals surface area contributed by atoms with E-state index < -0.39 is 24.0 Å². The van der Waals surface area contributed by atoms with Crippen LogP contribution in [0, 0.1) is 5.92 Å². The lowest BCUT2D eigenvalue weighted by molar-refractivity contribution is -0.144. The van der Waals surface area contributed by atoms with Crippen LogP contribution in [0.2, 0.25) is 5.02 Å². The summed E-state index contributed by atoms with van der Waals surface area (Å²) in [6, 6.07) is 5.45. The Morgan fingerprint density at radius 3 is 2.61 bits per heavy atom. The van der Waals surface area contributed by atoms with Crippen LogP contribution in [-0.4, -0.2) is 23.1 Å². The molecule has 3 N–H and O–H groups in total. The van der Waals surface area contributed by atoms with Gasteiger partial charge in [0, 0.05) is 11.1 Å². The van der Waals surface area contributed by atoms with Crippen molar-refractivity contribution >= 4 is 23.6 Å². The third kappa shape index (κ3) is 2.26. The third-order valence-electron chi connectivity index (χ3n) is 3.07. The Hall–Kier alpha value is -1.75. The molecule has 1 fully saturated rings. The Morgan fingerprint density at radius 2 is 2.00 bits per heavy atom. The standard InChI is InChI=1S/C12H13ClN2O3/c1-6-9(11(16)17)10(15-12(18)14-6)7-4-2-3-5-8(7)13/h2-6,9-10H,1H3,(H,16,17)(H2,14,15,18). The van der Waals surface area contributed by atoms with E-state index in [9.17, 15) is 14.7 Å². The van der Waals surface area contributed by atoms with Gasteiger partial charge in [-0.2, -0.15) is 0 Å². The molecule has 1 aliphatic heterocycles. The van der Waals surface area contributed by atoms with Crippen molar-refractivity contribution in [2.75, 3.05) is 0 Å². The number of carboxylic acids is 1. The highest BCUT2D eigenvalue weighted by Crippen LogP contribution is 2.32. The maximum absolute atomic E-state index is 11.5. The number of rotatable bonds is 2. The largest absolute Gasteiger partial charge is 0.481 e. The quantitative estimate of drug-likeness (QED) is 0.765. The first kappa shape index (κ1) is 12.7. The van der Waals surface area contributed by atoms with Gasteiger partial charge < -0.3 is 15.7 Å². The van der Waals surface area contributed by atoms with Crippen LogP contribution < -0.4 is 10.6 Å². The minimum atomic E-state index is -0.972. The maximum atomic E-state index is 11.5. The molecule has 0 bridgehead atoms. The zero-order chi connectivity index (χ0) is 13.3. The van der Waals surface area contributed by atoms with Crippen LogP contribution in [0.1, 0.15) is 18.5 Å². The van der Waals surface area contributed by atoms with Gasteiger partial charge in [0.2, 0.25) is 0 Å². The van der Waals surface area contributed by atoms with Gasteiger partial charge in [0.15, 0.2) is 0 Å². The van der Waals surface area contributed by atoms with Crippen molar-refractivity contribution < 1.29 is 14.7 Å². The number of halogens is 1. The van der Waals surface area contributed by atoms with Gasteiger partial charge in [0.25, 0.3) is 0 Å². The van der Waals surface area contributed by atoms with Crippen molar-refractivity contribution in [1.29, 1.82) is 0 Å². The van der Waals surface area contributed by atoms with Crippen LogP contribution in [-0.2, 0) is 4.79 Å². The molecule has 2 rings (SSSR count). The molecule has 0 aromatic heterocycles. The number of hydrogen-bond acceptors (Lipinski definition) is 2. The maximum Gasteiger partial charge on any atom is 0.315 e. The van der Waals surface area contributed by atoms with Crippen molar-refractivity contribution in [2.45, 2.75) is 19.0 Å². The third-order valence-corrected chi connectivity index (χ3v) is 3.41. The summed E-state index contributed by atoms with van der Waals surface area (Å²) in [5.41, 5.74) is 0.619. The van der Waals surface area contributed by atoms with Crippen LogP contribution in [0.15, 0.2) is 24.3 Å². The summed E-state index contributed by atoms with van der Waals surface area (Å²) < 4.78 is 0. The van der Waals surface area contributed by atoms with Gasteiger partial charge in [0.1, 0.15) is 5.92 Å². The number of hydrogen-bond donors (Lipinski definition) is 3. The van der Waals surface area contributed by atoms with Gasteiger partial charge in [-0.25, -0.2) is 4.79 Å². The van der Waals surface area contributed by atoms with Crippen LogP contribution >= 0.6 is 11.6 Å². The summed E-state index contributed by atoms with van der Waals surface area (Å²) in [6.45, 7) is 1.67. The molecule has 0 saturated carbocycles. The number of aliphatic carboxylic acids is 1. The summed E-state index contributed by atoms with van der Waals surface area (Å²) in [4.78, 5) is 22.8. The summed E-state index contributed by atoms with van der Waals surface area (Å²) in [5, 5.41) is 14.9. The van der Waals surface area contributed by atoms with Crippen molar-refractivity contribution in [3.05, 3.63) is 34.9 Å². The number of urea groups is 1. The fraction of sp³-hybridized carbons (Fsp3) is 0.333. The molecule has 2 amide bonds. The van der Waals surface area contributed by atoms with Crippen molar-refractivity contribution in [3.63, 3.8) is 0 Å².